The van der Waals surface area contributed by atoms with Crippen LogP contribution in [0.25, 0.3) is 0 Å². The SMILES string of the molecule is CC(C)(C)OC(=O)CN1CCN(c2cccc3c2OCCN3C2CCC(=O)NC2=O)CC1. The maximum atomic E-state index is 12.4. The fraction of sp³-hybridized carbons (Fsp3) is 0.609. The molecule has 2 fully saturated rings. The first-order chi connectivity index (χ1) is 15.2. The highest BCUT2D eigenvalue weighted by Gasteiger charge is 2.36. The summed E-state index contributed by atoms with van der Waals surface area (Å²) in [6.45, 7) is 10.0. The Morgan fingerprint density at radius 3 is 2.53 bits per heavy atom. The summed E-state index contributed by atoms with van der Waals surface area (Å²) in [5, 5.41) is 2.46. The van der Waals surface area contributed by atoms with E-state index < -0.39 is 5.60 Å². The quantitative estimate of drug-likeness (QED) is 0.546. The number of hydrogen-bond acceptors (Lipinski definition) is 8. The van der Waals surface area contributed by atoms with Crippen molar-refractivity contribution in [2.45, 2.75) is 45.3 Å². The normalized spacial score (nSPS) is 22.2. The number of nitrogens with one attached hydrogen (secondary N) is 1. The van der Waals surface area contributed by atoms with E-state index >= 15 is 0 Å². The van der Waals surface area contributed by atoms with Gasteiger partial charge in [-0.05, 0) is 39.3 Å². The van der Waals surface area contributed by atoms with Gasteiger partial charge in [-0.15, -0.1) is 0 Å². The highest BCUT2D eigenvalue weighted by Crippen LogP contribution is 2.42. The molecule has 3 aliphatic rings. The lowest BCUT2D eigenvalue weighted by molar-refractivity contribution is -0.156. The molecule has 32 heavy (non-hydrogen) atoms. The van der Waals surface area contributed by atoms with Crippen molar-refractivity contribution in [2.24, 2.45) is 0 Å². The molecule has 1 aromatic carbocycles. The Kier molecular flexibility index (Phi) is 6.28. The van der Waals surface area contributed by atoms with Gasteiger partial charge >= 0.3 is 5.97 Å². The van der Waals surface area contributed by atoms with Crippen LogP contribution in [-0.2, 0) is 19.1 Å². The van der Waals surface area contributed by atoms with E-state index in [-0.39, 0.29) is 30.4 Å². The van der Waals surface area contributed by atoms with Gasteiger partial charge < -0.3 is 19.3 Å². The van der Waals surface area contributed by atoms with Crippen molar-refractivity contribution in [1.82, 2.24) is 10.2 Å². The molecular weight excluding hydrogens is 412 g/mol. The molecule has 0 aliphatic carbocycles. The van der Waals surface area contributed by atoms with E-state index in [2.05, 4.69) is 20.0 Å². The lowest BCUT2D eigenvalue weighted by Crippen LogP contribution is -2.54. The van der Waals surface area contributed by atoms with E-state index in [1.807, 2.05) is 39.0 Å². The summed E-state index contributed by atoms with van der Waals surface area (Å²) in [6, 6.07) is 5.63. The zero-order valence-corrected chi connectivity index (χ0v) is 19.1. The number of imide groups is 1. The first-order valence-electron chi connectivity index (χ1n) is 11.3. The van der Waals surface area contributed by atoms with Gasteiger partial charge in [0.15, 0.2) is 5.75 Å². The molecular formula is C23H32N4O5. The number of amides is 2. The second kappa shape index (κ2) is 8.97. The molecule has 1 N–H and O–H groups in total. The summed E-state index contributed by atoms with van der Waals surface area (Å²) in [4.78, 5) is 42.6. The molecule has 3 aliphatic heterocycles. The lowest BCUT2D eigenvalue weighted by atomic mass is 10.0. The Balaban J connectivity index is 1.43. The number of hydrogen-bond donors (Lipinski definition) is 1. The Labute approximate surface area is 188 Å². The zero-order valence-electron chi connectivity index (χ0n) is 19.1. The number of carbonyl (C=O) groups excluding carboxylic acids is 3. The van der Waals surface area contributed by atoms with Gasteiger partial charge in [-0.1, -0.05) is 6.07 Å². The third kappa shape index (κ3) is 4.98. The van der Waals surface area contributed by atoms with E-state index in [0.717, 1.165) is 43.3 Å². The number of carbonyl (C=O) groups is 3. The molecule has 174 valence electrons. The molecule has 0 spiro atoms. The van der Waals surface area contributed by atoms with Gasteiger partial charge in [0.05, 0.1) is 24.5 Å². The fourth-order valence-corrected chi connectivity index (χ4v) is 4.51. The molecule has 9 heteroatoms. The van der Waals surface area contributed by atoms with Gasteiger partial charge in [-0.2, -0.15) is 0 Å². The van der Waals surface area contributed by atoms with Crippen LogP contribution in [0.4, 0.5) is 11.4 Å². The van der Waals surface area contributed by atoms with Crippen LogP contribution in [0.2, 0.25) is 0 Å². The second-order valence-corrected chi connectivity index (χ2v) is 9.48. The third-order valence-electron chi connectivity index (χ3n) is 5.93. The van der Waals surface area contributed by atoms with E-state index in [9.17, 15) is 14.4 Å². The van der Waals surface area contributed by atoms with Crippen molar-refractivity contribution in [3.8, 4) is 5.75 Å². The highest BCUT2D eigenvalue weighted by atomic mass is 16.6. The largest absolute Gasteiger partial charge is 0.487 e. The molecule has 1 atom stereocenters. The molecule has 3 heterocycles. The van der Waals surface area contributed by atoms with E-state index in [1.54, 1.807) is 0 Å². The molecule has 0 saturated carbocycles. The molecule has 2 saturated heterocycles. The third-order valence-corrected chi connectivity index (χ3v) is 5.93. The van der Waals surface area contributed by atoms with Crippen LogP contribution in [0, 0.1) is 0 Å². The summed E-state index contributed by atoms with van der Waals surface area (Å²) < 4.78 is 11.5. The van der Waals surface area contributed by atoms with Crippen LogP contribution >= 0.6 is 0 Å². The fourth-order valence-electron chi connectivity index (χ4n) is 4.51. The van der Waals surface area contributed by atoms with Crippen molar-refractivity contribution in [3.05, 3.63) is 18.2 Å². The molecule has 0 aromatic heterocycles. The van der Waals surface area contributed by atoms with Crippen molar-refractivity contribution in [2.75, 3.05) is 55.7 Å². The summed E-state index contributed by atoms with van der Waals surface area (Å²) in [6.07, 6.45) is 0.861. The molecule has 0 radical (unpaired) electrons. The highest BCUT2D eigenvalue weighted by molar-refractivity contribution is 6.02. The average molecular weight is 445 g/mol. The predicted molar refractivity (Wildman–Crippen MR) is 120 cm³/mol. The van der Waals surface area contributed by atoms with Crippen LogP contribution in [-0.4, -0.2) is 80.2 Å². The van der Waals surface area contributed by atoms with Crippen molar-refractivity contribution >= 4 is 29.2 Å². The van der Waals surface area contributed by atoms with Gasteiger partial charge in [-0.25, -0.2) is 0 Å². The van der Waals surface area contributed by atoms with Crippen LogP contribution in [0.5, 0.6) is 5.75 Å². The van der Waals surface area contributed by atoms with Crippen molar-refractivity contribution in [1.29, 1.82) is 0 Å². The molecule has 0 bridgehead atoms. The number of nitrogens with zero attached hydrogens (tertiary/aromatic N) is 3. The molecule has 9 nitrogen and oxygen atoms in total. The van der Waals surface area contributed by atoms with Gasteiger partial charge in [0.2, 0.25) is 11.8 Å². The number of benzene rings is 1. The molecule has 2 amide bonds. The van der Waals surface area contributed by atoms with Gasteiger partial charge in [-0.3, -0.25) is 24.6 Å². The number of piperidine rings is 1. The number of fused-ring (bicyclic) bond motifs is 1. The Hall–Kier alpha value is -2.81. The topological polar surface area (TPSA) is 91.4 Å². The number of para-hydroxylation sites is 1. The number of rotatable bonds is 4. The average Bonchev–Trinajstić information content (AvgIpc) is 2.72. The number of ether oxygens (including phenoxy) is 2. The summed E-state index contributed by atoms with van der Waals surface area (Å²) in [7, 11) is 0. The van der Waals surface area contributed by atoms with Gasteiger partial charge in [0.25, 0.3) is 0 Å². The standard InChI is InChI=1S/C23H32N4O5/c1-23(2,3)32-20(29)15-25-9-11-26(12-10-25)16-5-4-6-17-21(16)31-14-13-27(17)18-7-8-19(28)24-22(18)30/h4-6,18H,7-15H2,1-3H3,(H,24,28,30). The minimum Gasteiger partial charge on any atom is -0.487 e. The minimum absolute atomic E-state index is 0.203. The van der Waals surface area contributed by atoms with E-state index in [4.69, 9.17) is 9.47 Å². The van der Waals surface area contributed by atoms with Gasteiger partial charge in [0, 0.05) is 32.6 Å². The smallest absolute Gasteiger partial charge is 0.320 e. The lowest BCUT2D eigenvalue weighted by Gasteiger charge is -2.41. The molecule has 1 aromatic rings. The van der Waals surface area contributed by atoms with Gasteiger partial charge in [0.1, 0.15) is 18.2 Å². The van der Waals surface area contributed by atoms with Crippen molar-refractivity contribution < 1.29 is 23.9 Å². The van der Waals surface area contributed by atoms with Crippen molar-refractivity contribution in [3.63, 3.8) is 0 Å². The molecule has 4 rings (SSSR count). The summed E-state index contributed by atoms with van der Waals surface area (Å²) >= 11 is 0. The Morgan fingerprint density at radius 2 is 1.84 bits per heavy atom. The number of esters is 1. The maximum absolute atomic E-state index is 12.4. The summed E-state index contributed by atoms with van der Waals surface area (Å²) in [5.41, 5.74) is 1.41. The first kappa shape index (κ1) is 22.4. The minimum atomic E-state index is -0.478. The molecule has 1 unspecified atom stereocenters. The Bertz CT molecular complexity index is 889. The monoisotopic (exact) mass is 444 g/mol. The van der Waals surface area contributed by atoms with Crippen LogP contribution in [0.3, 0.4) is 0 Å². The summed E-state index contributed by atoms with van der Waals surface area (Å²) in [5.74, 6) is 0.128. The van der Waals surface area contributed by atoms with E-state index in [1.165, 1.54) is 0 Å². The Morgan fingerprint density at radius 1 is 1.12 bits per heavy atom. The van der Waals surface area contributed by atoms with Crippen LogP contribution < -0.4 is 19.9 Å². The number of anilines is 2. The van der Waals surface area contributed by atoms with E-state index in [0.29, 0.717) is 26.0 Å². The zero-order chi connectivity index (χ0) is 22.9. The second-order valence-electron chi connectivity index (χ2n) is 9.48. The van der Waals surface area contributed by atoms with Crippen LogP contribution in [0.1, 0.15) is 33.6 Å². The van der Waals surface area contributed by atoms with Crippen LogP contribution in [0.15, 0.2) is 18.2 Å². The predicted octanol–water partition coefficient (Wildman–Crippen LogP) is 1.15. The maximum Gasteiger partial charge on any atom is 0.320 e. The first-order valence-corrected chi connectivity index (χ1v) is 11.3. The number of piperazine rings is 1.